The number of rotatable bonds is 3. The summed E-state index contributed by atoms with van der Waals surface area (Å²) in [4.78, 5) is 17.5. The number of amides is 1. The Kier molecular flexibility index (Phi) is 5.11. The summed E-state index contributed by atoms with van der Waals surface area (Å²) in [6.07, 6.45) is 1.91. The third kappa shape index (κ3) is 3.63. The number of carbonyl (C=O) groups excluding carboxylic acids is 1. The van der Waals surface area contributed by atoms with Crippen molar-refractivity contribution in [3.8, 4) is 5.69 Å². The lowest BCUT2D eigenvalue weighted by atomic mass is 10.2. The molecule has 1 saturated heterocycles. The minimum absolute atomic E-state index is 0.152. The average Bonchev–Trinajstić information content (AvgIpc) is 3.16. The van der Waals surface area contributed by atoms with E-state index in [9.17, 15) is 4.79 Å². The molecule has 6 heteroatoms. The van der Waals surface area contributed by atoms with Gasteiger partial charge in [-0.25, -0.2) is 4.99 Å². The fraction of sp³-hybridized carbons (Fsp3) is 0.0909. The monoisotopic (exact) mass is 407 g/mol. The molecule has 1 fully saturated rings. The summed E-state index contributed by atoms with van der Waals surface area (Å²) in [7, 11) is 0. The average molecular weight is 408 g/mol. The quantitative estimate of drug-likeness (QED) is 0.571. The third-order valence-electron chi connectivity index (χ3n) is 4.50. The minimum atomic E-state index is -0.152. The molecule has 0 unspecified atom stereocenters. The Balaban J connectivity index is 1.65. The van der Waals surface area contributed by atoms with Crippen LogP contribution in [0.4, 0.5) is 5.69 Å². The van der Waals surface area contributed by atoms with E-state index in [1.54, 1.807) is 6.07 Å². The first kappa shape index (κ1) is 18.6. The zero-order valence-electron chi connectivity index (χ0n) is 15.4. The van der Waals surface area contributed by atoms with Gasteiger partial charge in [0.2, 0.25) is 0 Å². The van der Waals surface area contributed by atoms with Crippen molar-refractivity contribution in [2.75, 3.05) is 0 Å². The topological polar surface area (TPSA) is 46.4 Å². The standard InChI is InChI=1S/C22H18ClN3OS/c1-14-12-16(15(2)26(14)17-8-4-3-5-9-17)13-20-21(27)25-22(28-20)24-19-11-7-6-10-18(19)23/h3-13H,1-2H3,(H,24,25,27)/b20-13+. The number of nitrogens with one attached hydrogen (secondary N) is 1. The van der Waals surface area contributed by atoms with Gasteiger partial charge in [-0.15, -0.1) is 0 Å². The van der Waals surface area contributed by atoms with Crippen LogP contribution in [0.15, 0.2) is 70.6 Å². The fourth-order valence-corrected chi connectivity index (χ4v) is 4.19. The normalized spacial score (nSPS) is 16.8. The molecule has 0 bridgehead atoms. The van der Waals surface area contributed by atoms with Crippen molar-refractivity contribution < 1.29 is 4.79 Å². The van der Waals surface area contributed by atoms with Crippen LogP contribution < -0.4 is 5.32 Å². The van der Waals surface area contributed by atoms with E-state index in [1.807, 2.05) is 42.5 Å². The van der Waals surface area contributed by atoms with Crippen LogP contribution in [0.1, 0.15) is 17.0 Å². The number of hydrogen-bond acceptors (Lipinski definition) is 3. The predicted molar refractivity (Wildman–Crippen MR) is 118 cm³/mol. The number of aryl methyl sites for hydroxylation is 1. The Hall–Kier alpha value is -2.76. The van der Waals surface area contributed by atoms with Gasteiger partial charge in [-0.1, -0.05) is 41.9 Å². The number of nitrogens with zero attached hydrogens (tertiary/aromatic N) is 2. The lowest BCUT2D eigenvalue weighted by molar-refractivity contribution is -0.115. The van der Waals surface area contributed by atoms with Crippen molar-refractivity contribution in [3.63, 3.8) is 0 Å². The minimum Gasteiger partial charge on any atom is -0.318 e. The molecule has 28 heavy (non-hydrogen) atoms. The molecule has 2 heterocycles. The summed E-state index contributed by atoms with van der Waals surface area (Å²) in [5, 5.41) is 3.89. The molecule has 1 amide bonds. The molecular formula is C22H18ClN3OS. The van der Waals surface area contributed by atoms with Gasteiger partial charge in [-0.2, -0.15) is 0 Å². The second-order valence-electron chi connectivity index (χ2n) is 6.43. The second-order valence-corrected chi connectivity index (χ2v) is 7.87. The Bertz CT molecular complexity index is 1120. The smallest absolute Gasteiger partial charge is 0.264 e. The largest absolute Gasteiger partial charge is 0.318 e. The van der Waals surface area contributed by atoms with Crippen LogP contribution in [-0.4, -0.2) is 15.6 Å². The number of thioether (sulfide) groups is 1. The van der Waals surface area contributed by atoms with E-state index in [4.69, 9.17) is 11.6 Å². The molecule has 1 N–H and O–H groups in total. The van der Waals surface area contributed by atoms with Crippen LogP contribution >= 0.6 is 23.4 Å². The van der Waals surface area contributed by atoms with Gasteiger partial charge < -0.3 is 9.88 Å². The number of benzene rings is 2. The molecular weight excluding hydrogens is 390 g/mol. The van der Waals surface area contributed by atoms with Crippen molar-refractivity contribution in [1.29, 1.82) is 0 Å². The van der Waals surface area contributed by atoms with Gasteiger partial charge >= 0.3 is 0 Å². The molecule has 140 valence electrons. The molecule has 0 spiro atoms. The molecule has 0 atom stereocenters. The highest BCUT2D eigenvalue weighted by atomic mass is 35.5. The molecule has 3 aromatic rings. The van der Waals surface area contributed by atoms with Crippen molar-refractivity contribution >= 4 is 46.2 Å². The first-order valence-electron chi connectivity index (χ1n) is 8.81. The highest BCUT2D eigenvalue weighted by Gasteiger charge is 2.24. The Morgan fingerprint density at radius 1 is 1.07 bits per heavy atom. The molecule has 0 radical (unpaired) electrons. The Morgan fingerprint density at radius 3 is 2.54 bits per heavy atom. The molecule has 1 aromatic heterocycles. The highest BCUT2D eigenvalue weighted by Crippen LogP contribution is 2.32. The SMILES string of the molecule is Cc1cc(/C=C2/SC(=Nc3ccccc3Cl)NC2=O)c(C)n1-c1ccccc1. The summed E-state index contributed by atoms with van der Waals surface area (Å²) < 4.78 is 2.18. The van der Waals surface area contributed by atoms with Gasteiger partial charge in [0.25, 0.3) is 5.91 Å². The van der Waals surface area contributed by atoms with Gasteiger partial charge in [-0.05, 0) is 67.6 Å². The van der Waals surface area contributed by atoms with Crippen molar-refractivity contribution in [3.05, 3.63) is 87.5 Å². The van der Waals surface area contributed by atoms with Crippen molar-refractivity contribution in [2.24, 2.45) is 4.99 Å². The van der Waals surface area contributed by atoms with E-state index in [2.05, 4.69) is 46.9 Å². The summed E-state index contributed by atoms with van der Waals surface area (Å²) in [5.41, 5.74) is 4.95. The first-order valence-corrected chi connectivity index (χ1v) is 10.0. The van der Waals surface area contributed by atoms with Gasteiger partial charge in [0.15, 0.2) is 5.17 Å². The van der Waals surface area contributed by atoms with Gasteiger partial charge in [0, 0.05) is 17.1 Å². The number of amidine groups is 1. The van der Waals surface area contributed by atoms with E-state index in [-0.39, 0.29) is 5.91 Å². The van der Waals surface area contributed by atoms with Crippen LogP contribution in [0.5, 0.6) is 0 Å². The van der Waals surface area contributed by atoms with E-state index < -0.39 is 0 Å². The van der Waals surface area contributed by atoms with Crippen LogP contribution in [0, 0.1) is 13.8 Å². The summed E-state index contributed by atoms with van der Waals surface area (Å²) in [5.74, 6) is -0.152. The summed E-state index contributed by atoms with van der Waals surface area (Å²) in [6.45, 7) is 4.12. The lowest BCUT2D eigenvalue weighted by Crippen LogP contribution is -2.19. The molecule has 1 aliphatic heterocycles. The number of hydrogen-bond donors (Lipinski definition) is 1. The molecule has 0 saturated carbocycles. The Morgan fingerprint density at radius 2 is 1.79 bits per heavy atom. The maximum atomic E-state index is 12.4. The van der Waals surface area contributed by atoms with Crippen molar-refractivity contribution in [2.45, 2.75) is 13.8 Å². The zero-order valence-corrected chi connectivity index (χ0v) is 17.0. The number of para-hydroxylation sites is 2. The first-order chi connectivity index (χ1) is 13.5. The lowest BCUT2D eigenvalue weighted by Gasteiger charge is -2.09. The molecule has 1 aliphatic rings. The second kappa shape index (κ2) is 7.70. The zero-order chi connectivity index (χ0) is 19.7. The van der Waals surface area contributed by atoms with E-state index in [1.165, 1.54) is 11.8 Å². The summed E-state index contributed by atoms with van der Waals surface area (Å²) >= 11 is 7.48. The van der Waals surface area contributed by atoms with Crippen LogP contribution in [0.2, 0.25) is 5.02 Å². The van der Waals surface area contributed by atoms with Gasteiger partial charge in [0.1, 0.15) is 0 Å². The predicted octanol–water partition coefficient (Wildman–Crippen LogP) is 5.64. The highest BCUT2D eigenvalue weighted by molar-refractivity contribution is 8.18. The number of aromatic nitrogens is 1. The van der Waals surface area contributed by atoms with Crippen LogP contribution in [0.3, 0.4) is 0 Å². The molecule has 0 aliphatic carbocycles. The fourth-order valence-electron chi connectivity index (χ4n) is 3.18. The molecule has 4 rings (SSSR count). The van der Waals surface area contributed by atoms with E-state index in [0.29, 0.717) is 20.8 Å². The van der Waals surface area contributed by atoms with E-state index in [0.717, 1.165) is 22.6 Å². The maximum Gasteiger partial charge on any atom is 0.264 e. The number of aliphatic imine (C=N–C) groups is 1. The van der Waals surface area contributed by atoms with E-state index >= 15 is 0 Å². The molecule has 4 nitrogen and oxygen atoms in total. The molecule has 2 aromatic carbocycles. The maximum absolute atomic E-state index is 12.4. The third-order valence-corrected chi connectivity index (χ3v) is 5.73. The Labute approximate surface area is 172 Å². The summed E-state index contributed by atoms with van der Waals surface area (Å²) in [6, 6.07) is 19.6. The van der Waals surface area contributed by atoms with Gasteiger partial charge in [0.05, 0.1) is 15.6 Å². The number of carbonyl (C=O) groups is 1. The van der Waals surface area contributed by atoms with Crippen LogP contribution in [-0.2, 0) is 4.79 Å². The van der Waals surface area contributed by atoms with Crippen molar-refractivity contribution in [1.82, 2.24) is 9.88 Å². The number of halogens is 1. The van der Waals surface area contributed by atoms with Crippen LogP contribution in [0.25, 0.3) is 11.8 Å². The van der Waals surface area contributed by atoms with Gasteiger partial charge in [-0.3, -0.25) is 4.79 Å².